The van der Waals surface area contributed by atoms with Gasteiger partial charge in [0.15, 0.2) is 11.6 Å². The zero-order chi connectivity index (χ0) is 11.1. The minimum Gasteiger partial charge on any atom is -0.505 e. The third-order valence-electron chi connectivity index (χ3n) is 3.97. The molecule has 1 aromatic rings. The summed E-state index contributed by atoms with van der Waals surface area (Å²) in [6, 6.07) is 5.44. The van der Waals surface area contributed by atoms with Gasteiger partial charge in [-0.3, -0.25) is 4.90 Å². The molecule has 0 amide bonds. The van der Waals surface area contributed by atoms with E-state index in [4.69, 9.17) is 0 Å². The first-order valence-electron chi connectivity index (χ1n) is 5.94. The average molecular weight is 221 g/mol. The molecule has 0 spiro atoms. The fraction of sp³-hybridized carbons (Fsp3) is 0.538. The van der Waals surface area contributed by atoms with Crippen LogP contribution in [0.15, 0.2) is 18.2 Å². The van der Waals surface area contributed by atoms with Gasteiger partial charge in [-0.25, -0.2) is 4.39 Å². The molecule has 1 aromatic carbocycles. The predicted molar refractivity (Wildman–Crippen MR) is 59.6 cm³/mol. The predicted octanol–water partition coefficient (Wildman–Crippen LogP) is 2.52. The molecule has 2 bridgehead atoms. The summed E-state index contributed by atoms with van der Waals surface area (Å²) in [5, 5.41) is 9.63. The van der Waals surface area contributed by atoms with Crippen molar-refractivity contribution in [2.75, 3.05) is 6.54 Å². The summed E-state index contributed by atoms with van der Waals surface area (Å²) in [7, 11) is 0. The molecule has 2 nitrogen and oxygen atoms in total. The zero-order valence-corrected chi connectivity index (χ0v) is 9.19. The molecule has 2 aliphatic rings. The number of rotatable bonds is 2. The fourth-order valence-corrected chi connectivity index (χ4v) is 3.13. The lowest BCUT2D eigenvalue weighted by molar-refractivity contribution is 0.202. The number of phenols is 1. The summed E-state index contributed by atoms with van der Waals surface area (Å²) in [6.45, 7) is 1.80. The van der Waals surface area contributed by atoms with Gasteiger partial charge < -0.3 is 5.11 Å². The standard InChI is InChI=1S/C13H16FNO/c14-12-3-1-2-10(13(12)16)8-15-7-9-4-5-11(15)6-9/h1-3,9,11,16H,4-8H2. The quantitative estimate of drug-likeness (QED) is 0.829. The lowest BCUT2D eigenvalue weighted by atomic mass is 10.1. The van der Waals surface area contributed by atoms with Crippen molar-refractivity contribution in [2.45, 2.75) is 31.8 Å². The van der Waals surface area contributed by atoms with Gasteiger partial charge in [-0.15, -0.1) is 0 Å². The topological polar surface area (TPSA) is 23.5 Å². The van der Waals surface area contributed by atoms with Crippen molar-refractivity contribution in [3.05, 3.63) is 29.6 Å². The van der Waals surface area contributed by atoms with Crippen LogP contribution in [0, 0.1) is 11.7 Å². The third kappa shape index (κ3) is 1.59. The van der Waals surface area contributed by atoms with Gasteiger partial charge in [0.05, 0.1) is 0 Å². The Morgan fingerprint density at radius 2 is 2.25 bits per heavy atom. The van der Waals surface area contributed by atoms with Crippen molar-refractivity contribution < 1.29 is 9.50 Å². The zero-order valence-electron chi connectivity index (χ0n) is 9.19. The van der Waals surface area contributed by atoms with E-state index in [2.05, 4.69) is 4.90 Å². The van der Waals surface area contributed by atoms with Crippen molar-refractivity contribution >= 4 is 0 Å². The van der Waals surface area contributed by atoms with E-state index in [-0.39, 0.29) is 5.75 Å². The molecule has 1 N–H and O–H groups in total. The number of hydrogen-bond donors (Lipinski definition) is 1. The molecular formula is C13H16FNO. The Balaban J connectivity index is 1.77. The molecule has 2 atom stereocenters. The van der Waals surface area contributed by atoms with Gasteiger partial charge in [-0.05, 0) is 31.2 Å². The van der Waals surface area contributed by atoms with Crippen LogP contribution in [0.4, 0.5) is 4.39 Å². The van der Waals surface area contributed by atoms with Crippen molar-refractivity contribution in [1.82, 2.24) is 4.90 Å². The lowest BCUT2D eigenvalue weighted by Crippen LogP contribution is -2.31. The van der Waals surface area contributed by atoms with Crippen LogP contribution in [-0.2, 0) is 6.54 Å². The first kappa shape index (κ1) is 10.1. The molecule has 1 aliphatic carbocycles. The SMILES string of the molecule is Oc1c(F)cccc1CN1CC2CCC1C2. The van der Waals surface area contributed by atoms with Crippen molar-refractivity contribution in [3.63, 3.8) is 0 Å². The minimum absolute atomic E-state index is 0.176. The Hall–Kier alpha value is -1.09. The number of para-hydroxylation sites is 1. The van der Waals surface area contributed by atoms with E-state index in [1.165, 1.54) is 25.3 Å². The molecule has 0 aromatic heterocycles. The molecule has 1 saturated heterocycles. The number of piperidine rings is 1. The number of phenolic OH excluding ortho intramolecular Hbond substituents is 1. The summed E-state index contributed by atoms with van der Waals surface area (Å²) in [5.41, 5.74) is 0.715. The van der Waals surface area contributed by atoms with Crippen LogP contribution < -0.4 is 0 Å². The molecule has 3 heteroatoms. The second kappa shape index (κ2) is 3.74. The highest BCUT2D eigenvalue weighted by atomic mass is 19.1. The van der Waals surface area contributed by atoms with E-state index < -0.39 is 5.82 Å². The monoisotopic (exact) mass is 221 g/mol. The maximum atomic E-state index is 13.2. The highest BCUT2D eigenvalue weighted by Gasteiger charge is 2.37. The Morgan fingerprint density at radius 3 is 2.94 bits per heavy atom. The van der Waals surface area contributed by atoms with Crippen LogP contribution >= 0.6 is 0 Å². The molecule has 2 unspecified atom stereocenters. The number of benzene rings is 1. The van der Waals surface area contributed by atoms with Gasteiger partial charge in [-0.1, -0.05) is 12.1 Å². The number of nitrogens with zero attached hydrogens (tertiary/aromatic N) is 1. The van der Waals surface area contributed by atoms with Gasteiger partial charge in [0.1, 0.15) is 0 Å². The van der Waals surface area contributed by atoms with Crippen LogP contribution in [0.1, 0.15) is 24.8 Å². The molecule has 1 saturated carbocycles. The normalized spacial score (nSPS) is 28.8. The largest absolute Gasteiger partial charge is 0.505 e. The van der Waals surface area contributed by atoms with Crippen LogP contribution in [0.25, 0.3) is 0 Å². The van der Waals surface area contributed by atoms with Crippen molar-refractivity contribution in [1.29, 1.82) is 0 Å². The molecule has 3 rings (SSSR count). The third-order valence-corrected chi connectivity index (χ3v) is 3.97. The van der Waals surface area contributed by atoms with Crippen LogP contribution in [-0.4, -0.2) is 22.6 Å². The average Bonchev–Trinajstić information content (AvgIpc) is 2.86. The first-order chi connectivity index (χ1) is 7.74. The Morgan fingerprint density at radius 1 is 1.38 bits per heavy atom. The number of hydrogen-bond acceptors (Lipinski definition) is 2. The Labute approximate surface area is 94.7 Å². The van der Waals surface area contributed by atoms with Gasteiger partial charge in [0.25, 0.3) is 0 Å². The maximum Gasteiger partial charge on any atom is 0.165 e. The summed E-state index contributed by atoms with van der Waals surface area (Å²) in [4.78, 5) is 2.38. The maximum absolute atomic E-state index is 13.2. The summed E-state index contributed by atoms with van der Waals surface area (Å²) < 4.78 is 13.2. The highest BCUT2D eigenvalue weighted by Crippen LogP contribution is 2.38. The molecule has 2 fully saturated rings. The van der Waals surface area contributed by atoms with Crippen LogP contribution in [0.5, 0.6) is 5.75 Å². The molecule has 16 heavy (non-hydrogen) atoms. The molecule has 86 valence electrons. The lowest BCUT2D eigenvalue weighted by Gasteiger charge is -2.26. The Bertz CT molecular complexity index is 407. The summed E-state index contributed by atoms with van der Waals surface area (Å²) in [5.74, 6) is 0.146. The van der Waals surface area contributed by atoms with Gasteiger partial charge in [0, 0.05) is 24.7 Å². The van der Waals surface area contributed by atoms with Crippen molar-refractivity contribution in [2.24, 2.45) is 5.92 Å². The summed E-state index contributed by atoms with van der Waals surface area (Å²) in [6.07, 6.45) is 3.90. The second-order valence-corrected chi connectivity index (χ2v) is 5.01. The first-order valence-corrected chi connectivity index (χ1v) is 5.94. The highest BCUT2D eigenvalue weighted by molar-refractivity contribution is 5.33. The Kier molecular flexibility index (Phi) is 2.36. The van der Waals surface area contributed by atoms with E-state index in [0.29, 0.717) is 18.2 Å². The smallest absolute Gasteiger partial charge is 0.165 e. The minimum atomic E-state index is -0.512. The van der Waals surface area contributed by atoms with Gasteiger partial charge in [-0.2, -0.15) is 0 Å². The number of fused-ring (bicyclic) bond motifs is 2. The second-order valence-electron chi connectivity index (χ2n) is 5.01. The van der Waals surface area contributed by atoms with Gasteiger partial charge >= 0.3 is 0 Å². The molecular weight excluding hydrogens is 205 g/mol. The molecule has 0 radical (unpaired) electrons. The van der Waals surface area contributed by atoms with Gasteiger partial charge in [0.2, 0.25) is 0 Å². The van der Waals surface area contributed by atoms with E-state index >= 15 is 0 Å². The fourth-order valence-electron chi connectivity index (χ4n) is 3.13. The summed E-state index contributed by atoms with van der Waals surface area (Å²) >= 11 is 0. The number of aromatic hydroxyl groups is 1. The van der Waals surface area contributed by atoms with Crippen LogP contribution in [0.2, 0.25) is 0 Å². The van der Waals surface area contributed by atoms with E-state index in [1.54, 1.807) is 6.07 Å². The molecule has 1 aliphatic heterocycles. The van der Waals surface area contributed by atoms with E-state index in [9.17, 15) is 9.50 Å². The number of halogens is 1. The number of likely N-dealkylation sites (tertiary alicyclic amines) is 1. The van der Waals surface area contributed by atoms with Crippen LogP contribution in [0.3, 0.4) is 0 Å². The molecule has 1 heterocycles. The van der Waals surface area contributed by atoms with E-state index in [1.807, 2.05) is 6.07 Å². The van der Waals surface area contributed by atoms with E-state index in [0.717, 1.165) is 12.5 Å². The van der Waals surface area contributed by atoms with Crippen molar-refractivity contribution in [3.8, 4) is 5.75 Å².